The van der Waals surface area contributed by atoms with Gasteiger partial charge in [0.25, 0.3) is 0 Å². The van der Waals surface area contributed by atoms with Crippen LogP contribution in [0.2, 0.25) is 0 Å². The summed E-state index contributed by atoms with van der Waals surface area (Å²) in [4.78, 5) is 28.9. The normalized spacial score (nSPS) is 23.6. The first-order valence-electron chi connectivity index (χ1n) is 8.62. The molecule has 1 atom stereocenters. The first-order chi connectivity index (χ1) is 12.0. The third kappa shape index (κ3) is 3.25. The van der Waals surface area contributed by atoms with E-state index in [-0.39, 0.29) is 31.4 Å². The van der Waals surface area contributed by atoms with E-state index in [4.69, 9.17) is 5.11 Å². The van der Waals surface area contributed by atoms with Crippen LogP contribution in [0.3, 0.4) is 0 Å². The summed E-state index contributed by atoms with van der Waals surface area (Å²) >= 11 is 0. The molecule has 7 heteroatoms. The Morgan fingerprint density at radius 2 is 1.88 bits per heavy atom. The molecule has 2 aliphatic heterocycles. The van der Waals surface area contributed by atoms with Crippen LogP contribution >= 0.6 is 0 Å². The fourth-order valence-corrected chi connectivity index (χ4v) is 4.04. The first-order valence-corrected chi connectivity index (χ1v) is 8.62. The summed E-state index contributed by atoms with van der Waals surface area (Å²) in [5, 5.41) is 9.15. The molecule has 0 saturated carbocycles. The highest BCUT2D eigenvalue weighted by Gasteiger charge is 2.52. The number of aliphatic hydroxyl groups is 1. The second-order valence-corrected chi connectivity index (χ2v) is 6.73. The fourth-order valence-electron chi connectivity index (χ4n) is 4.04. The molecule has 0 bridgehead atoms. The van der Waals surface area contributed by atoms with Gasteiger partial charge in [-0.25, -0.2) is 8.78 Å². The van der Waals surface area contributed by atoms with Crippen LogP contribution in [0.15, 0.2) is 18.2 Å². The Labute approximate surface area is 145 Å². The van der Waals surface area contributed by atoms with Crippen molar-refractivity contribution in [3.8, 4) is 0 Å². The summed E-state index contributed by atoms with van der Waals surface area (Å²) in [5.74, 6) is -2.29. The minimum atomic E-state index is -0.982. The van der Waals surface area contributed by atoms with Crippen molar-refractivity contribution < 1.29 is 23.5 Å². The molecule has 5 nitrogen and oxygen atoms in total. The average molecular weight is 352 g/mol. The molecular formula is C18H22F2N2O3. The van der Waals surface area contributed by atoms with Gasteiger partial charge < -0.3 is 14.9 Å². The van der Waals surface area contributed by atoms with Crippen LogP contribution in [0.4, 0.5) is 8.78 Å². The standard InChI is InChI=1S/C18H22F2N2O3/c19-14-4-3-13(11-15(14)20)12-16(24)22-8-2-6-18(22)5-1-7-21(9-10-23)17(18)25/h3-4,11,23H,1-2,5-10,12H2. The number of benzene rings is 1. The molecule has 1 unspecified atom stereocenters. The van der Waals surface area contributed by atoms with Crippen LogP contribution in [0, 0.1) is 11.6 Å². The second kappa shape index (κ2) is 7.07. The highest BCUT2D eigenvalue weighted by atomic mass is 19.2. The number of amides is 2. The van der Waals surface area contributed by atoms with E-state index in [9.17, 15) is 18.4 Å². The van der Waals surface area contributed by atoms with Crippen molar-refractivity contribution in [3.63, 3.8) is 0 Å². The van der Waals surface area contributed by atoms with Gasteiger partial charge in [-0.3, -0.25) is 9.59 Å². The van der Waals surface area contributed by atoms with Gasteiger partial charge in [-0.15, -0.1) is 0 Å². The van der Waals surface area contributed by atoms with E-state index in [1.165, 1.54) is 6.07 Å². The van der Waals surface area contributed by atoms with Gasteiger partial charge in [-0.2, -0.15) is 0 Å². The molecule has 2 aliphatic rings. The maximum absolute atomic E-state index is 13.4. The van der Waals surface area contributed by atoms with Crippen molar-refractivity contribution in [2.45, 2.75) is 37.6 Å². The molecule has 2 heterocycles. The molecule has 25 heavy (non-hydrogen) atoms. The van der Waals surface area contributed by atoms with E-state index in [0.29, 0.717) is 31.5 Å². The minimum absolute atomic E-state index is 0.0633. The van der Waals surface area contributed by atoms with E-state index < -0.39 is 17.2 Å². The quantitative estimate of drug-likeness (QED) is 0.893. The lowest BCUT2D eigenvalue weighted by Crippen LogP contribution is -2.61. The van der Waals surface area contributed by atoms with Crippen molar-refractivity contribution in [1.82, 2.24) is 9.80 Å². The molecule has 2 fully saturated rings. The third-order valence-corrected chi connectivity index (χ3v) is 5.20. The Hall–Kier alpha value is -2.02. The topological polar surface area (TPSA) is 60.9 Å². The van der Waals surface area contributed by atoms with Crippen molar-refractivity contribution >= 4 is 11.8 Å². The highest BCUT2D eigenvalue weighted by Crippen LogP contribution is 2.38. The fraction of sp³-hybridized carbons (Fsp3) is 0.556. The SMILES string of the molecule is O=C(Cc1ccc(F)c(F)c1)N1CCCC12CCCN(CCO)C2=O. The van der Waals surface area contributed by atoms with Gasteiger partial charge in [-0.05, 0) is 43.4 Å². The van der Waals surface area contributed by atoms with Crippen LogP contribution in [-0.4, -0.2) is 58.5 Å². The van der Waals surface area contributed by atoms with Crippen molar-refractivity contribution in [1.29, 1.82) is 0 Å². The molecule has 1 aromatic carbocycles. The first kappa shape index (κ1) is 17.8. The number of carbonyl (C=O) groups is 2. The highest BCUT2D eigenvalue weighted by molar-refractivity contribution is 5.93. The molecule has 0 radical (unpaired) electrons. The van der Waals surface area contributed by atoms with Crippen molar-refractivity contribution in [2.75, 3.05) is 26.2 Å². The number of aliphatic hydroxyl groups excluding tert-OH is 1. The van der Waals surface area contributed by atoms with E-state index in [1.54, 1.807) is 9.80 Å². The maximum atomic E-state index is 13.4. The van der Waals surface area contributed by atoms with E-state index in [1.807, 2.05) is 0 Å². The average Bonchev–Trinajstić information content (AvgIpc) is 3.00. The molecular weight excluding hydrogens is 330 g/mol. The number of hydrogen-bond donors (Lipinski definition) is 1. The molecule has 2 saturated heterocycles. The Bertz CT molecular complexity index is 680. The smallest absolute Gasteiger partial charge is 0.248 e. The second-order valence-electron chi connectivity index (χ2n) is 6.73. The monoisotopic (exact) mass is 352 g/mol. The lowest BCUT2D eigenvalue weighted by molar-refractivity contribution is -0.155. The zero-order valence-corrected chi connectivity index (χ0v) is 14.0. The molecule has 1 N–H and O–H groups in total. The summed E-state index contributed by atoms with van der Waals surface area (Å²) in [6.45, 7) is 1.24. The molecule has 1 spiro atoms. The summed E-state index contributed by atoms with van der Waals surface area (Å²) in [6.07, 6.45) is 2.67. The van der Waals surface area contributed by atoms with E-state index in [0.717, 1.165) is 25.0 Å². The molecule has 1 aromatic rings. The van der Waals surface area contributed by atoms with Gasteiger partial charge >= 0.3 is 0 Å². The summed E-state index contributed by atoms with van der Waals surface area (Å²) < 4.78 is 26.4. The van der Waals surface area contributed by atoms with Crippen molar-refractivity contribution in [3.05, 3.63) is 35.4 Å². The van der Waals surface area contributed by atoms with E-state index in [2.05, 4.69) is 0 Å². The third-order valence-electron chi connectivity index (χ3n) is 5.20. The number of piperidine rings is 1. The van der Waals surface area contributed by atoms with Gasteiger partial charge in [0.15, 0.2) is 11.6 Å². The Kier molecular flexibility index (Phi) is 5.03. The summed E-state index contributed by atoms with van der Waals surface area (Å²) in [5.41, 5.74) is -0.454. The lowest BCUT2D eigenvalue weighted by Gasteiger charge is -2.44. The number of halogens is 2. The molecule has 0 aliphatic carbocycles. The van der Waals surface area contributed by atoms with Gasteiger partial charge in [0, 0.05) is 19.6 Å². The predicted molar refractivity (Wildman–Crippen MR) is 86.6 cm³/mol. The molecule has 0 aromatic heterocycles. The number of nitrogens with zero attached hydrogens (tertiary/aromatic N) is 2. The summed E-state index contributed by atoms with van der Waals surface area (Å²) in [6, 6.07) is 3.42. The van der Waals surface area contributed by atoms with Crippen LogP contribution in [0.5, 0.6) is 0 Å². The van der Waals surface area contributed by atoms with Gasteiger partial charge in [0.1, 0.15) is 5.54 Å². The van der Waals surface area contributed by atoms with Crippen LogP contribution in [0.25, 0.3) is 0 Å². The maximum Gasteiger partial charge on any atom is 0.248 e. The molecule has 136 valence electrons. The zero-order valence-electron chi connectivity index (χ0n) is 14.0. The van der Waals surface area contributed by atoms with Crippen LogP contribution in [0.1, 0.15) is 31.2 Å². The minimum Gasteiger partial charge on any atom is -0.395 e. The number of rotatable bonds is 4. The number of hydrogen-bond acceptors (Lipinski definition) is 3. The van der Waals surface area contributed by atoms with Gasteiger partial charge in [-0.1, -0.05) is 6.07 Å². The van der Waals surface area contributed by atoms with Gasteiger partial charge in [0.2, 0.25) is 11.8 Å². The van der Waals surface area contributed by atoms with E-state index >= 15 is 0 Å². The summed E-state index contributed by atoms with van der Waals surface area (Å²) in [7, 11) is 0. The molecule has 3 rings (SSSR count). The predicted octanol–water partition coefficient (Wildman–Crippen LogP) is 1.48. The van der Waals surface area contributed by atoms with Crippen LogP contribution in [-0.2, 0) is 16.0 Å². The van der Waals surface area contributed by atoms with Gasteiger partial charge in [0.05, 0.1) is 13.0 Å². The molecule has 2 amide bonds. The Balaban J connectivity index is 1.79. The Morgan fingerprint density at radius 1 is 1.16 bits per heavy atom. The van der Waals surface area contributed by atoms with Crippen molar-refractivity contribution in [2.24, 2.45) is 0 Å². The van der Waals surface area contributed by atoms with Crippen LogP contribution < -0.4 is 0 Å². The Morgan fingerprint density at radius 3 is 2.56 bits per heavy atom. The number of likely N-dealkylation sites (tertiary alicyclic amines) is 2. The number of β-amino-alcohol motifs (C(OH)–C–C–N with tert-alkyl or cyclic N) is 1. The number of carbonyl (C=O) groups excluding carboxylic acids is 2. The lowest BCUT2D eigenvalue weighted by atomic mass is 9.85. The zero-order chi connectivity index (χ0) is 18.0. The largest absolute Gasteiger partial charge is 0.395 e.